The lowest BCUT2D eigenvalue weighted by Gasteiger charge is -2.13. The van der Waals surface area contributed by atoms with Gasteiger partial charge in [-0.2, -0.15) is 0 Å². The van der Waals surface area contributed by atoms with Crippen LogP contribution in [-0.2, 0) is 6.54 Å². The van der Waals surface area contributed by atoms with E-state index in [9.17, 15) is 4.39 Å². The van der Waals surface area contributed by atoms with Crippen LogP contribution in [0.4, 0.5) is 4.39 Å². The second kappa shape index (κ2) is 6.16. The van der Waals surface area contributed by atoms with Gasteiger partial charge in [-0.25, -0.2) is 4.39 Å². The highest BCUT2D eigenvalue weighted by atomic mass is 79.9. The monoisotopic (exact) mass is 349 g/mol. The fourth-order valence-corrected chi connectivity index (χ4v) is 2.46. The van der Waals surface area contributed by atoms with E-state index in [4.69, 9.17) is 4.74 Å². The number of aryl methyl sites for hydroxylation is 1. The first-order valence-corrected chi connectivity index (χ1v) is 7.87. The number of rotatable bonds is 5. The standard InChI is InChI=1S/C17H17BrFNO/c1-11-2-7-15(19)17(8-11)21-16-9-13(18)4-3-12(16)10-20-14-5-6-14/h2-4,7-9,14,20H,5-6,10H2,1H3. The zero-order chi connectivity index (χ0) is 14.8. The van der Waals surface area contributed by atoms with Crippen LogP contribution in [0.3, 0.4) is 0 Å². The third-order valence-electron chi connectivity index (χ3n) is 3.49. The zero-order valence-electron chi connectivity index (χ0n) is 11.8. The predicted octanol–water partition coefficient (Wildman–Crippen LogP) is 4.94. The molecule has 2 nitrogen and oxygen atoms in total. The Hall–Kier alpha value is -1.39. The van der Waals surface area contributed by atoms with Gasteiger partial charge in [-0.1, -0.05) is 28.1 Å². The van der Waals surface area contributed by atoms with Crippen LogP contribution in [0.2, 0.25) is 0 Å². The highest BCUT2D eigenvalue weighted by molar-refractivity contribution is 9.10. The first-order valence-electron chi connectivity index (χ1n) is 7.07. The van der Waals surface area contributed by atoms with Crippen molar-refractivity contribution >= 4 is 15.9 Å². The molecule has 4 heteroatoms. The average molecular weight is 350 g/mol. The molecule has 0 heterocycles. The average Bonchev–Trinajstić information content (AvgIpc) is 3.26. The van der Waals surface area contributed by atoms with Crippen LogP contribution >= 0.6 is 15.9 Å². The predicted molar refractivity (Wildman–Crippen MR) is 85.2 cm³/mol. The van der Waals surface area contributed by atoms with E-state index >= 15 is 0 Å². The molecule has 0 bridgehead atoms. The van der Waals surface area contributed by atoms with Crippen molar-refractivity contribution in [2.75, 3.05) is 0 Å². The van der Waals surface area contributed by atoms with Crippen LogP contribution < -0.4 is 10.1 Å². The summed E-state index contributed by atoms with van der Waals surface area (Å²) in [4.78, 5) is 0. The molecular formula is C17H17BrFNO. The van der Waals surface area contributed by atoms with Crippen molar-refractivity contribution in [1.82, 2.24) is 5.32 Å². The van der Waals surface area contributed by atoms with E-state index in [0.29, 0.717) is 11.8 Å². The molecule has 0 atom stereocenters. The Balaban J connectivity index is 1.85. The Labute approximate surface area is 132 Å². The molecule has 1 aliphatic rings. The van der Waals surface area contributed by atoms with Gasteiger partial charge in [0.1, 0.15) is 5.75 Å². The van der Waals surface area contributed by atoms with Gasteiger partial charge < -0.3 is 10.1 Å². The Bertz CT molecular complexity index is 655. The molecule has 1 N–H and O–H groups in total. The second-order valence-electron chi connectivity index (χ2n) is 5.44. The summed E-state index contributed by atoms with van der Waals surface area (Å²) in [6.07, 6.45) is 2.47. The quantitative estimate of drug-likeness (QED) is 0.825. The molecule has 0 spiro atoms. The maximum Gasteiger partial charge on any atom is 0.165 e. The van der Waals surface area contributed by atoms with Gasteiger partial charge in [-0.3, -0.25) is 0 Å². The van der Waals surface area contributed by atoms with Gasteiger partial charge in [-0.15, -0.1) is 0 Å². The van der Waals surface area contributed by atoms with E-state index in [2.05, 4.69) is 21.2 Å². The normalized spacial score (nSPS) is 14.2. The molecule has 0 aromatic heterocycles. The molecule has 0 radical (unpaired) electrons. The van der Waals surface area contributed by atoms with E-state index in [1.165, 1.54) is 18.9 Å². The van der Waals surface area contributed by atoms with Crippen molar-refractivity contribution in [2.24, 2.45) is 0 Å². The fourth-order valence-electron chi connectivity index (χ4n) is 2.12. The Morgan fingerprint density at radius 1 is 1.19 bits per heavy atom. The number of hydrogen-bond acceptors (Lipinski definition) is 2. The summed E-state index contributed by atoms with van der Waals surface area (Å²) in [6, 6.07) is 11.4. The molecule has 1 fully saturated rings. The Kier molecular flexibility index (Phi) is 4.27. The van der Waals surface area contributed by atoms with Gasteiger partial charge in [0.2, 0.25) is 0 Å². The lowest BCUT2D eigenvalue weighted by molar-refractivity contribution is 0.435. The molecule has 0 unspecified atom stereocenters. The van der Waals surface area contributed by atoms with Gasteiger partial charge in [0.25, 0.3) is 0 Å². The third-order valence-corrected chi connectivity index (χ3v) is 3.99. The van der Waals surface area contributed by atoms with E-state index in [-0.39, 0.29) is 11.6 Å². The molecule has 0 aliphatic heterocycles. The summed E-state index contributed by atoms with van der Waals surface area (Å²) in [7, 11) is 0. The highest BCUT2D eigenvalue weighted by Crippen LogP contribution is 2.31. The van der Waals surface area contributed by atoms with Crippen LogP contribution in [0, 0.1) is 12.7 Å². The van der Waals surface area contributed by atoms with E-state index in [1.807, 2.05) is 25.1 Å². The summed E-state index contributed by atoms with van der Waals surface area (Å²) < 4.78 is 20.6. The number of benzene rings is 2. The lowest BCUT2D eigenvalue weighted by atomic mass is 10.2. The molecule has 0 amide bonds. The smallest absolute Gasteiger partial charge is 0.165 e. The number of halogens is 2. The Morgan fingerprint density at radius 2 is 2.00 bits per heavy atom. The highest BCUT2D eigenvalue weighted by Gasteiger charge is 2.21. The summed E-state index contributed by atoms with van der Waals surface area (Å²) in [5.74, 6) is 0.601. The van der Waals surface area contributed by atoms with Crippen molar-refractivity contribution in [2.45, 2.75) is 32.4 Å². The van der Waals surface area contributed by atoms with Gasteiger partial charge in [0, 0.05) is 22.6 Å². The van der Waals surface area contributed by atoms with Crippen molar-refractivity contribution in [3.63, 3.8) is 0 Å². The maximum absolute atomic E-state index is 13.9. The first-order chi connectivity index (χ1) is 10.1. The fraction of sp³-hybridized carbons (Fsp3) is 0.294. The molecule has 1 saturated carbocycles. The Morgan fingerprint density at radius 3 is 2.76 bits per heavy atom. The molecule has 3 rings (SSSR count). The second-order valence-corrected chi connectivity index (χ2v) is 6.36. The van der Waals surface area contributed by atoms with Gasteiger partial charge in [0.15, 0.2) is 11.6 Å². The van der Waals surface area contributed by atoms with Crippen LogP contribution in [0.1, 0.15) is 24.0 Å². The summed E-state index contributed by atoms with van der Waals surface area (Å²) >= 11 is 3.44. The third kappa shape index (κ3) is 3.83. The molecule has 0 saturated heterocycles. The SMILES string of the molecule is Cc1ccc(F)c(Oc2cc(Br)ccc2CNC2CC2)c1. The van der Waals surface area contributed by atoms with E-state index in [0.717, 1.165) is 22.1 Å². The van der Waals surface area contributed by atoms with Gasteiger partial charge >= 0.3 is 0 Å². The van der Waals surface area contributed by atoms with E-state index in [1.54, 1.807) is 12.1 Å². The zero-order valence-corrected chi connectivity index (χ0v) is 13.4. The van der Waals surface area contributed by atoms with Crippen LogP contribution in [0.15, 0.2) is 40.9 Å². The minimum Gasteiger partial charge on any atom is -0.454 e. The summed E-state index contributed by atoms with van der Waals surface area (Å²) in [5, 5.41) is 3.46. The van der Waals surface area contributed by atoms with Gasteiger partial charge in [0.05, 0.1) is 0 Å². The van der Waals surface area contributed by atoms with Crippen LogP contribution in [0.25, 0.3) is 0 Å². The largest absolute Gasteiger partial charge is 0.454 e. The van der Waals surface area contributed by atoms with Crippen molar-refractivity contribution in [1.29, 1.82) is 0 Å². The molecule has 2 aromatic rings. The summed E-state index contributed by atoms with van der Waals surface area (Å²) in [6.45, 7) is 2.66. The summed E-state index contributed by atoms with van der Waals surface area (Å²) in [5.41, 5.74) is 2.00. The minimum atomic E-state index is -0.346. The van der Waals surface area contributed by atoms with Crippen molar-refractivity contribution in [3.05, 3.63) is 57.8 Å². The van der Waals surface area contributed by atoms with E-state index < -0.39 is 0 Å². The van der Waals surface area contributed by atoms with Crippen LogP contribution in [-0.4, -0.2) is 6.04 Å². The number of nitrogens with one attached hydrogen (secondary N) is 1. The number of hydrogen-bond donors (Lipinski definition) is 1. The minimum absolute atomic E-state index is 0.265. The molecule has 1 aliphatic carbocycles. The molecular weight excluding hydrogens is 333 g/mol. The topological polar surface area (TPSA) is 21.3 Å². The van der Waals surface area contributed by atoms with Gasteiger partial charge in [-0.05, 0) is 49.6 Å². The maximum atomic E-state index is 13.9. The first kappa shape index (κ1) is 14.5. The number of ether oxygens (including phenoxy) is 1. The van der Waals surface area contributed by atoms with Crippen molar-refractivity contribution in [3.8, 4) is 11.5 Å². The lowest BCUT2D eigenvalue weighted by Crippen LogP contribution is -2.15. The molecule has 110 valence electrons. The molecule has 2 aromatic carbocycles. The van der Waals surface area contributed by atoms with Crippen LogP contribution in [0.5, 0.6) is 11.5 Å². The van der Waals surface area contributed by atoms with Crippen molar-refractivity contribution < 1.29 is 9.13 Å². The molecule has 21 heavy (non-hydrogen) atoms.